The highest BCUT2D eigenvalue weighted by Crippen LogP contribution is 2.17. The summed E-state index contributed by atoms with van der Waals surface area (Å²) in [5.74, 6) is 0.0290. The Morgan fingerprint density at radius 3 is 2.38 bits per heavy atom. The first-order chi connectivity index (χ1) is 10.2. The van der Waals surface area contributed by atoms with Crippen LogP contribution in [0.2, 0.25) is 0 Å². The second-order valence-corrected chi connectivity index (χ2v) is 4.49. The largest absolute Gasteiger partial charge is 0.423 e. The van der Waals surface area contributed by atoms with Crippen molar-refractivity contribution >= 4 is 18.6 Å². The summed E-state index contributed by atoms with van der Waals surface area (Å²) in [6.07, 6.45) is 0. The minimum absolute atomic E-state index is 0.268. The van der Waals surface area contributed by atoms with E-state index in [0.29, 0.717) is 17.0 Å². The smallest absolute Gasteiger partial charge is 0.343 e. The van der Waals surface area contributed by atoms with Crippen LogP contribution < -0.4 is 4.74 Å². The first-order valence-electron chi connectivity index (χ1n) is 6.07. The van der Waals surface area contributed by atoms with Gasteiger partial charge in [0.2, 0.25) is 5.16 Å². The molecular weight excluding hydrogens is 288 g/mol. The number of ether oxygens (including phenoxy) is 1. The molecule has 0 N–H and O–H groups in total. The van der Waals surface area contributed by atoms with Crippen LogP contribution in [0, 0.1) is 0 Å². The van der Waals surface area contributed by atoms with Gasteiger partial charge in [-0.15, -0.1) is 0 Å². The molecule has 0 bridgehead atoms. The van der Waals surface area contributed by atoms with E-state index in [-0.39, 0.29) is 5.16 Å². The maximum atomic E-state index is 11.9. The van der Waals surface area contributed by atoms with Gasteiger partial charge < -0.3 is 4.74 Å². The van der Waals surface area contributed by atoms with Gasteiger partial charge in [0.1, 0.15) is 5.75 Å². The average molecular weight is 297 g/mol. The topological polar surface area (TPSA) is 69.9 Å². The lowest BCUT2D eigenvalue weighted by molar-refractivity contribution is 0.0735. The SMILES string of the molecule is O=C(Oc1ccc(-n2nnnc2[S])cc1)c1ccccc1. The van der Waals surface area contributed by atoms with Crippen molar-refractivity contribution in [2.45, 2.75) is 5.16 Å². The van der Waals surface area contributed by atoms with E-state index < -0.39 is 5.97 Å². The highest BCUT2D eigenvalue weighted by molar-refractivity contribution is 7.80. The standard InChI is InChI=1S/C14H9N4O2S/c19-13(10-4-2-1-3-5-10)20-12-8-6-11(7-9-12)18-14(21)15-16-17-18/h1-9H. The number of carbonyl (C=O) groups excluding carboxylic acids is 1. The molecule has 0 saturated heterocycles. The Morgan fingerprint density at radius 1 is 1.05 bits per heavy atom. The zero-order chi connectivity index (χ0) is 14.7. The van der Waals surface area contributed by atoms with Gasteiger partial charge in [0, 0.05) is 0 Å². The van der Waals surface area contributed by atoms with Gasteiger partial charge >= 0.3 is 5.97 Å². The van der Waals surface area contributed by atoms with Crippen molar-refractivity contribution in [3.63, 3.8) is 0 Å². The van der Waals surface area contributed by atoms with Crippen LogP contribution in [0.5, 0.6) is 5.75 Å². The van der Waals surface area contributed by atoms with E-state index >= 15 is 0 Å². The zero-order valence-corrected chi connectivity index (χ0v) is 11.5. The molecule has 6 nitrogen and oxygen atoms in total. The van der Waals surface area contributed by atoms with E-state index in [1.165, 1.54) is 4.68 Å². The van der Waals surface area contributed by atoms with Crippen LogP contribution in [-0.2, 0) is 0 Å². The highest BCUT2D eigenvalue weighted by Gasteiger charge is 2.09. The fraction of sp³-hybridized carbons (Fsp3) is 0. The second-order valence-electron chi connectivity index (χ2n) is 4.12. The van der Waals surface area contributed by atoms with Crippen molar-refractivity contribution in [3.8, 4) is 11.4 Å². The van der Waals surface area contributed by atoms with Crippen molar-refractivity contribution in [1.29, 1.82) is 0 Å². The molecule has 0 aliphatic rings. The van der Waals surface area contributed by atoms with Crippen LogP contribution in [-0.4, -0.2) is 26.2 Å². The average Bonchev–Trinajstić information content (AvgIpc) is 2.95. The van der Waals surface area contributed by atoms with Crippen molar-refractivity contribution < 1.29 is 9.53 Å². The fourth-order valence-corrected chi connectivity index (χ4v) is 1.91. The Labute approximate surface area is 125 Å². The summed E-state index contributed by atoms with van der Waals surface area (Å²) < 4.78 is 6.69. The van der Waals surface area contributed by atoms with Gasteiger partial charge in [-0.05, 0) is 59.5 Å². The minimum Gasteiger partial charge on any atom is -0.423 e. The molecule has 21 heavy (non-hydrogen) atoms. The number of carbonyl (C=O) groups is 1. The molecule has 1 heterocycles. The molecule has 0 atom stereocenters. The predicted octanol–water partition coefficient (Wildman–Crippen LogP) is 2.44. The van der Waals surface area contributed by atoms with Gasteiger partial charge in [-0.3, -0.25) is 0 Å². The molecule has 0 spiro atoms. The van der Waals surface area contributed by atoms with Crippen LogP contribution in [0.3, 0.4) is 0 Å². The van der Waals surface area contributed by atoms with E-state index in [9.17, 15) is 4.79 Å². The van der Waals surface area contributed by atoms with Gasteiger partial charge in [-0.1, -0.05) is 23.3 Å². The van der Waals surface area contributed by atoms with Crippen LogP contribution in [0.25, 0.3) is 5.69 Å². The van der Waals surface area contributed by atoms with Gasteiger partial charge in [0.05, 0.1) is 11.3 Å². The van der Waals surface area contributed by atoms with Gasteiger partial charge in [0.15, 0.2) is 0 Å². The van der Waals surface area contributed by atoms with Crippen LogP contribution in [0.15, 0.2) is 59.8 Å². The summed E-state index contributed by atoms with van der Waals surface area (Å²) in [4.78, 5) is 11.9. The monoisotopic (exact) mass is 297 g/mol. The lowest BCUT2D eigenvalue weighted by Gasteiger charge is -2.05. The predicted molar refractivity (Wildman–Crippen MR) is 76.4 cm³/mol. The van der Waals surface area contributed by atoms with Crippen molar-refractivity contribution in [1.82, 2.24) is 20.2 Å². The molecule has 3 aromatic rings. The normalized spacial score (nSPS) is 10.3. The summed E-state index contributed by atoms with van der Waals surface area (Å²) in [7, 11) is 0. The molecule has 7 heteroatoms. The summed E-state index contributed by atoms with van der Waals surface area (Å²) in [5, 5.41) is 11.2. The van der Waals surface area contributed by atoms with E-state index in [1.807, 2.05) is 6.07 Å². The maximum absolute atomic E-state index is 11.9. The molecule has 1 aromatic heterocycles. The van der Waals surface area contributed by atoms with Gasteiger partial charge in [0.25, 0.3) is 0 Å². The molecule has 0 aliphatic heterocycles. The van der Waals surface area contributed by atoms with Crippen LogP contribution >= 0.6 is 12.6 Å². The molecule has 2 aromatic carbocycles. The lowest BCUT2D eigenvalue weighted by atomic mass is 10.2. The number of tetrazole rings is 1. The van der Waals surface area contributed by atoms with Crippen molar-refractivity contribution in [2.24, 2.45) is 0 Å². The number of hydrogen-bond donors (Lipinski definition) is 0. The molecule has 0 amide bonds. The number of rotatable bonds is 3. The summed E-state index contributed by atoms with van der Waals surface area (Å²) >= 11 is 4.98. The fourth-order valence-electron chi connectivity index (χ4n) is 1.74. The molecule has 0 aliphatic carbocycles. The lowest BCUT2D eigenvalue weighted by Crippen LogP contribution is -2.08. The zero-order valence-electron chi connectivity index (χ0n) is 10.7. The van der Waals surface area contributed by atoms with Crippen LogP contribution in [0.1, 0.15) is 10.4 Å². The quantitative estimate of drug-likeness (QED) is 0.548. The first kappa shape index (κ1) is 13.2. The van der Waals surface area contributed by atoms with Gasteiger partial charge in [-0.2, -0.15) is 4.68 Å². The van der Waals surface area contributed by atoms with E-state index in [1.54, 1.807) is 48.5 Å². The van der Waals surface area contributed by atoms with E-state index in [0.717, 1.165) is 0 Å². The van der Waals surface area contributed by atoms with Crippen molar-refractivity contribution in [2.75, 3.05) is 0 Å². The summed E-state index contributed by atoms with van der Waals surface area (Å²) in [6.45, 7) is 0. The third-order valence-electron chi connectivity index (χ3n) is 2.74. The van der Waals surface area contributed by atoms with Crippen LogP contribution in [0.4, 0.5) is 0 Å². The molecule has 103 valence electrons. The number of hydrogen-bond acceptors (Lipinski definition) is 5. The number of esters is 1. The molecule has 1 radical (unpaired) electrons. The van der Waals surface area contributed by atoms with Gasteiger partial charge in [-0.25, -0.2) is 4.79 Å². The maximum Gasteiger partial charge on any atom is 0.343 e. The molecule has 0 unspecified atom stereocenters. The Kier molecular flexibility index (Phi) is 3.57. The van der Waals surface area contributed by atoms with Crippen molar-refractivity contribution in [3.05, 3.63) is 60.2 Å². The van der Waals surface area contributed by atoms with E-state index in [2.05, 4.69) is 15.5 Å². The summed E-state index contributed by atoms with van der Waals surface area (Å²) in [6, 6.07) is 15.6. The molecule has 0 fully saturated rings. The Hall–Kier alpha value is -2.80. The molecular formula is C14H9N4O2S. The molecule has 3 rings (SSSR count). The molecule has 0 saturated carbocycles. The summed E-state index contributed by atoms with van der Waals surface area (Å²) in [5.41, 5.74) is 1.19. The number of nitrogens with zero attached hydrogens (tertiary/aromatic N) is 4. The Bertz CT molecular complexity index is 756. The third kappa shape index (κ3) is 2.87. The third-order valence-corrected chi connectivity index (χ3v) is 3.00. The second kappa shape index (κ2) is 5.68. The Morgan fingerprint density at radius 2 is 1.76 bits per heavy atom. The Balaban J connectivity index is 1.76. The minimum atomic E-state index is -0.408. The first-order valence-corrected chi connectivity index (χ1v) is 6.48. The highest BCUT2D eigenvalue weighted by atomic mass is 32.1. The number of benzene rings is 2. The van der Waals surface area contributed by atoms with E-state index in [4.69, 9.17) is 17.4 Å². The number of aromatic nitrogens is 4.